The average Bonchev–Trinajstić information content (AvgIpc) is 2.90. The lowest BCUT2D eigenvalue weighted by Crippen LogP contribution is -2.34. The van der Waals surface area contributed by atoms with Crippen molar-refractivity contribution in [2.45, 2.75) is 11.3 Å². The number of sulfonamides is 1. The molecular formula is C18H14Cl2N2O6S. The van der Waals surface area contributed by atoms with Gasteiger partial charge in [-0.05, 0) is 24.3 Å². The molecule has 0 bridgehead atoms. The Hall–Kier alpha value is -2.46. The van der Waals surface area contributed by atoms with Gasteiger partial charge in [0.05, 0.1) is 27.6 Å². The summed E-state index contributed by atoms with van der Waals surface area (Å²) >= 11 is 11.8. The number of fused-ring (bicyclic) bond motifs is 1. The highest BCUT2D eigenvalue weighted by Gasteiger charge is 2.35. The van der Waals surface area contributed by atoms with Crippen LogP contribution in [0.25, 0.3) is 0 Å². The molecule has 0 aliphatic carbocycles. The minimum absolute atomic E-state index is 0.0572. The minimum Gasteiger partial charge on any atom is -0.444 e. The fourth-order valence-electron chi connectivity index (χ4n) is 2.66. The van der Waals surface area contributed by atoms with Crippen molar-refractivity contribution in [3.63, 3.8) is 0 Å². The zero-order valence-electron chi connectivity index (χ0n) is 14.7. The van der Waals surface area contributed by atoms with E-state index in [2.05, 4.69) is 4.72 Å². The normalized spacial score (nSPS) is 13.5. The number of esters is 1. The Morgan fingerprint density at radius 1 is 0.966 bits per heavy atom. The van der Waals surface area contributed by atoms with Gasteiger partial charge in [0.1, 0.15) is 4.90 Å². The first kappa shape index (κ1) is 21.3. The number of nitrogens with one attached hydrogen (secondary N) is 1. The van der Waals surface area contributed by atoms with Crippen LogP contribution in [-0.4, -0.2) is 44.4 Å². The fourth-order valence-corrected chi connectivity index (χ4v) is 4.84. The molecule has 1 aliphatic rings. The molecule has 29 heavy (non-hydrogen) atoms. The lowest BCUT2D eigenvalue weighted by molar-refractivity contribution is -0.146. The number of hydrogen-bond donors (Lipinski definition) is 1. The molecule has 2 amide bonds. The van der Waals surface area contributed by atoms with E-state index < -0.39 is 34.5 Å². The van der Waals surface area contributed by atoms with Crippen molar-refractivity contribution < 1.29 is 27.5 Å². The van der Waals surface area contributed by atoms with Crippen LogP contribution in [0.3, 0.4) is 0 Å². The molecule has 2 aromatic carbocycles. The molecule has 8 nitrogen and oxygen atoms in total. The number of benzene rings is 2. The van der Waals surface area contributed by atoms with Gasteiger partial charge in [-0.15, -0.1) is 0 Å². The van der Waals surface area contributed by atoms with Gasteiger partial charge in [0.2, 0.25) is 10.0 Å². The molecule has 0 unspecified atom stereocenters. The topological polar surface area (TPSA) is 110 Å². The third-order valence-corrected chi connectivity index (χ3v) is 6.46. The number of nitrogens with zero attached hydrogens (tertiary/aromatic N) is 1. The van der Waals surface area contributed by atoms with Crippen molar-refractivity contribution in [1.29, 1.82) is 0 Å². The minimum atomic E-state index is -4.04. The van der Waals surface area contributed by atoms with E-state index in [4.69, 9.17) is 27.9 Å². The molecule has 0 spiro atoms. The second-order valence-electron chi connectivity index (χ2n) is 5.93. The van der Waals surface area contributed by atoms with Crippen molar-refractivity contribution >= 4 is 51.0 Å². The zero-order chi connectivity index (χ0) is 21.2. The van der Waals surface area contributed by atoms with Gasteiger partial charge in [-0.2, -0.15) is 0 Å². The molecule has 0 atom stereocenters. The molecule has 0 saturated carbocycles. The molecule has 11 heteroatoms. The van der Waals surface area contributed by atoms with E-state index >= 15 is 0 Å². The number of halogens is 2. The van der Waals surface area contributed by atoms with E-state index in [1.54, 1.807) is 12.1 Å². The fraction of sp³-hybridized carbons (Fsp3) is 0.167. The lowest BCUT2D eigenvalue weighted by atomic mass is 10.1. The number of carbonyl (C=O) groups excluding carboxylic acids is 3. The van der Waals surface area contributed by atoms with E-state index in [1.165, 1.54) is 30.3 Å². The van der Waals surface area contributed by atoms with Crippen molar-refractivity contribution in [2.75, 3.05) is 13.3 Å². The summed E-state index contributed by atoms with van der Waals surface area (Å²) in [5.74, 6) is -1.92. The van der Waals surface area contributed by atoms with E-state index in [0.717, 1.165) is 4.90 Å². The number of ether oxygens (including phenoxy) is 1. The van der Waals surface area contributed by atoms with Crippen molar-refractivity contribution in [3.8, 4) is 0 Å². The summed E-state index contributed by atoms with van der Waals surface area (Å²) in [6.45, 7) is -0.848. The van der Waals surface area contributed by atoms with Crippen molar-refractivity contribution in [1.82, 2.24) is 9.62 Å². The third kappa shape index (κ3) is 4.43. The predicted octanol–water partition coefficient (Wildman–Crippen LogP) is 2.46. The van der Waals surface area contributed by atoms with Crippen LogP contribution >= 0.6 is 23.2 Å². The van der Waals surface area contributed by atoms with Crippen LogP contribution in [0.2, 0.25) is 10.0 Å². The van der Waals surface area contributed by atoms with Gasteiger partial charge in [0, 0.05) is 6.54 Å². The molecular weight excluding hydrogens is 443 g/mol. The van der Waals surface area contributed by atoms with Gasteiger partial charge in [0.15, 0.2) is 6.73 Å². The highest BCUT2D eigenvalue weighted by Crippen LogP contribution is 2.28. The van der Waals surface area contributed by atoms with E-state index in [-0.39, 0.29) is 39.0 Å². The predicted molar refractivity (Wildman–Crippen MR) is 104 cm³/mol. The summed E-state index contributed by atoms with van der Waals surface area (Å²) in [7, 11) is -4.04. The number of amides is 2. The first-order chi connectivity index (χ1) is 13.7. The molecule has 0 radical (unpaired) electrons. The van der Waals surface area contributed by atoms with Crippen molar-refractivity contribution in [2.24, 2.45) is 0 Å². The summed E-state index contributed by atoms with van der Waals surface area (Å²) < 4.78 is 31.7. The van der Waals surface area contributed by atoms with Gasteiger partial charge in [-0.1, -0.05) is 41.4 Å². The first-order valence-electron chi connectivity index (χ1n) is 8.27. The Morgan fingerprint density at radius 3 is 2.07 bits per heavy atom. The maximum Gasteiger partial charge on any atom is 0.308 e. The molecule has 2 aromatic rings. The van der Waals surface area contributed by atoms with Crippen LogP contribution in [0.5, 0.6) is 0 Å². The van der Waals surface area contributed by atoms with Gasteiger partial charge in [0.25, 0.3) is 11.8 Å². The summed E-state index contributed by atoms with van der Waals surface area (Å²) in [5.41, 5.74) is 0.468. The van der Waals surface area contributed by atoms with Crippen LogP contribution < -0.4 is 4.72 Å². The summed E-state index contributed by atoms with van der Waals surface area (Å²) in [4.78, 5) is 36.8. The molecule has 0 aromatic heterocycles. The highest BCUT2D eigenvalue weighted by atomic mass is 35.5. The van der Waals surface area contributed by atoms with Crippen LogP contribution in [0, 0.1) is 0 Å². The number of carbonyl (C=O) groups is 3. The van der Waals surface area contributed by atoms with Gasteiger partial charge < -0.3 is 4.74 Å². The summed E-state index contributed by atoms with van der Waals surface area (Å²) in [5, 5.41) is -0.114. The smallest absolute Gasteiger partial charge is 0.308 e. The van der Waals surface area contributed by atoms with Gasteiger partial charge in [-0.25, -0.2) is 18.0 Å². The molecule has 3 rings (SSSR count). The largest absolute Gasteiger partial charge is 0.444 e. The van der Waals surface area contributed by atoms with Crippen LogP contribution in [0.1, 0.15) is 27.1 Å². The van der Waals surface area contributed by atoms with Gasteiger partial charge >= 0.3 is 5.97 Å². The standard InChI is InChI=1S/C18H14Cl2N2O6S/c19-13-6-3-7-14(20)16(13)29(26,27)21-9-8-15(23)28-10-22-17(24)11-4-1-2-5-12(11)18(22)25/h1-7,21H,8-10H2. The maximum atomic E-state index is 12.3. The van der Waals surface area contributed by atoms with Gasteiger partial charge in [-0.3, -0.25) is 14.4 Å². The Labute approximate surface area is 176 Å². The zero-order valence-corrected chi connectivity index (χ0v) is 17.1. The summed E-state index contributed by atoms with van der Waals surface area (Å²) in [6, 6.07) is 10.5. The number of hydrogen-bond acceptors (Lipinski definition) is 6. The Morgan fingerprint density at radius 2 is 1.52 bits per heavy atom. The molecule has 152 valence electrons. The van der Waals surface area contributed by atoms with Crippen molar-refractivity contribution in [3.05, 3.63) is 63.6 Å². The Bertz CT molecular complexity index is 1050. The number of imide groups is 1. The molecule has 1 heterocycles. The molecule has 1 N–H and O–H groups in total. The maximum absolute atomic E-state index is 12.3. The third-order valence-electron chi connectivity index (χ3n) is 4.04. The number of rotatable bonds is 7. The van der Waals surface area contributed by atoms with Crippen LogP contribution in [0.4, 0.5) is 0 Å². The monoisotopic (exact) mass is 456 g/mol. The Balaban J connectivity index is 1.53. The molecule has 1 aliphatic heterocycles. The van der Waals surface area contributed by atoms with E-state index in [0.29, 0.717) is 0 Å². The quantitative estimate of drug-likeness (QED) is 0.505. The second kappa shape index (κ2) is 8.50. The highest BCUT2D eigenvalue weighted by molar-refractivity contribution is 7.89. The van der Waals surface area contributed by atoms with E-state index in [1.807, 2.05) is 0 Å². The van der Waals surface area contributed by atoms with Crippen LogP contribution in [0.15, 0.2) is 47.4 Å². The molecule has 0 fully saturated rings. The second-order valence-corrected chi connectivity index (χ2v) is 8.45. The Kier molecular flexibility index (Phi) is 6.23. The first-order valence-corrected chi connectivity index (χ1v) is 10.5. The molecule has 0 saturated heterocycles. The van der Waals surface area contributed by atoms with E-state index in [9.17, 15) is 22.8 Å². The SMILES string of the molecule is O=C(CCNS(=O)(=O)c1c(Cl)cccc1Cl)OCN1C(=O)c2ccccc2C1=O. The lowest BCUT2D eigenvalue weighted by Gasteiger charge is -2.14. The van der Waals surface area contributed by atoms with Crippen LogP contribution in [-0.2, 0) is 19.6 Å². The summed E-state index contributed by atoms with van der Waals surface area (Å²) in [6.07, 6.45) is -0.329. The average molecular weight is 457 g/mol.